The predicted octanol–water partition coefficient (Wildman–Crippen LogP) is 5.14. The summed E-state index contributed by atoms with van der Waals surface area (Å²) in [6.07, 6.45) is 1.90. The Balaban J connectivity index is 2.87. The van der Waals surface area contributed by atoms with E-state index in [1.54, 1.807) is 0 Å². The fourth-order valence-electron chi connectivity index (χ4n) is 2.56. The minimum atomic E-state index is -0.234. The number of benzene rings is 1. The molecule has 1 aromatic carbocycles. The van der Waals surface area contributed by atoms with Gasteiger partial charge in [0.25, 0.3) is 0 Å². The van der Waals surface area contributed by atoms with E-state index in [1.807, 2.05) is 13.8 Å². The van der Waals surface area contributed by atoms with Crippen molar-refractivity contribution in [1.82, 2.24) is 4.98 Å². The topological polar surface area (TPSA) is 24.9 Å². The van der Waals surface area contributed by atoms with Crippen molar-refractivity contribution in [2.75, 3.05) is 11.9 Å². The average molecular weight is 339 g/mol. The van der Waals surface area contributed by atoms with E-state index in [2.05, 4.69) is 40.1 Å². The summed E-state index contributed by atoms with van der Waals surface area (Å²) in [6, 6.07) is 1.54. The Hall–Kier alpha value is -1.16. The summed E-state index contributed by atoms with van der Waals surface area (Å²) in [7, 11) is 0. The normalized spacial score (nSPS) is 11.1. The third kappa shape index (κ3) is 2.53. The van der Waals surface area contributed by atoms with Gasteiger partial charge in [-0.1, -0.05) is 13.8 Å². The van der Waals surface area contributed by atoms with Crippen molar-refractivity contribution in [2.24, 2.45) is 0 Å². The molecule has 0 unspecified atom stereocenters. The molecule has 1 aromatic heterocycles. The van der Waals surface area contributed by atoms with Crippen molar-refractivity contribution in [3.63, 3.8) is 0 Å². The molecule has 1 heterocycles. The van der Waals surface area contributed by atoms with Crippen LogP contribution in [0.3, 0.4) is 0 Å². The molecule has 1 N–H and O–H groups in total. The Labute approximate surface area is 127 Å². The molecule has 0 atom stereocenters. The van der Waals surface area contributed by atoms with Crippen molar-refractivity contribution >= 4 is 32.5 Å². The number of aromatic nitrogens is 1. The SMILES string of the molecule is CCCNc1c(CC)c(C)nc2c(C)cc(F)c(Br)c12. The molecule has 0 saturated heterocycles. The Kier molecular flexibility index (Phi) is 4.63. The van der Waals surface area contributed by atoms with Gasteiger partial charge in [-0.05, 0) is 59.8 Å². The first-order chi connectivity index (χ1) is 9.51. The summed E-state index contributed by atoms with van der Waals surface area (Å²) < 4.78 is 14.5. The third-order valence-electron chi connectivity index (χ3n) is 3.56. The number of nitrogens with zero attached hydrogens (tertiary/aromatic N) is 1. The number of aryl methyl sites for hydroxylation is 2. The molecule has 0 aliphatic rings. The van der Waals surface area contributed by atoms with Crippen LogP contribution in [0.1, 0.15) is 37.1 Å². The summed E-state index contributed by atoms with van der Waals surface area (Å²) in [4.78, 5) is 4.68. The Bertz CT molecular complexity index is 653. The zero-order valence-electron chi connectivity index (χ0n) is 12.4. The standard InChI is InChI=1S/C16H20BrFN2/c1-5-7-19-16-11(6-2)10(4)20-15-9(3)8-12(18)14(17)13(15)16/h8H,5-7H2,1-4H3,(H,19,20). The number of fused-ring (bicyclic) bond motifs is 1. The second-order valence-corrected chi connectivity index (χ2v) is 5.84. The van der Waals surface area contributed by atoms with Crippen LogP contribution in [0, 0.1) is 19.7 Å². The van der Waals surface area contributed by atoms with E-state index < -0.39 is 0 Å². The molecule has 0 radical (unpaired) electrons. The van der Waals surface area contributed by atoms with Gasteiger partial charge in [0.05, 0.1) is 9.99 Å². The number of rotatable bonds is 4. The molecule has 0 aliphatic carbocycles. The molecule has 2 rings (SSSR count). The van der Waals surface area contributed by atoms with Crippen LogP contribution < -0.4 is 5.32 Å². The molecule has 0 spiro atoms. The van der Waals surface area contributed by atoms with Crippen molar-refractivity contribution < 1.29 is 4.39 Å². The number of pyridine rings is 1. The van der Waals surface area contributed by atoms with Crippen molar-refractivity contribution in [3.8, 4) is 0 Å². The molecule has 0 saturated carbocycles. The zero-order valence-corrected chi connectivity index (χ0v) is 14.0. The van der Waals surface area contributed by atoms with E-state index in [-0.39, 0.29) is 5.82 Å². The van der Waals surface area contributed by atoms with Crippen LogP contribution in [0.4, 0.5) is 10.1 Å². The van der Waals surface area contributed by atoms with Crippen LogP contribution >= 0.6 is 15.9 Å². The Morgan fingerprint density at radius 3 is 2.60 bits per heavy atom. The molecule has 2 nitrogen and oxygen atoms in total. The van der Waals surface area contributed by atoms with Gasteiger partial charge in [0.1, 0.15) is 5.82 Å². The van der Waals surface area contributed by atoms with Gasteiger partial charge in [-0.25, -0.2) is 4.39 Å². The van der Waals surface area contributed by atoms with Gasteiger partial charge < -0.3 is 5.32 Å². The fraction of sp³-hybridized carbons (Fsp3) is 0.438. The lowest BCUT2D eigenvalue weighted by Crippen LogP contribution is -2.07. The minimum Gasteiger partial charge on any atom is -0.384 e. The van der Waals surface area contributed by atoms with E-state index in [1.165, 1.54) is 6.07 Å². The second kappa shape index (κ2) is 6.08. The molecular weight excluding hydrogens is 319 g/mol. The highest BCUT2D eigenvalue weighted by molar-refractivity contribution is 9.10. The average Bonchev–Trinajstić information content (AvgIpc) is 2.42. The van der Waals surface area contributed by atoms with Crippen molar-refractivity contribution in [2.45, 2.75) is 40.5 Å². The summed E-state index contributed by atoms with van der Waals surface area (Å²) in [6.45, 7) is 9.02. The van der Waals surface area contributed by atoms with Gasteiger partial charge >= 0.3 is 0 Å². The molecule has 0 bridgehead atoms. The quantitative estimate of drug-likeness (QED) is 0.834. The highest BCUT2D eigenvalue weighted by Gasteiger charge is 2.17. The van der Waals surface area contributed by atoms with Crippen LogP contribution in [0.5, 0.6) is 0 Å². The van der Waals surface area contributed by atoms with E-state index in [0.29, 0.717) is 4.47 Å². The smallest absolute Gasteiger partial charge is 0.138 e. The molecule has 0 aliphatic heterocycles. The van der Waals surface area contributed by atoms with Gasteiger partial charge in [0.2, 0.25) is 0 Å². The highest BCUT2D eigenvalue weighted by Crippen LogP contribution is 2.37. The minimum absolute atomic E-state index is 0.234. The molecule has 108 valence electrons. The van der Waals surface area contributed by atoms with Crippen molar-refractivity contribution in [1.29, 1.82) is 0 Å². The Morgan fingerprint density at radius 1 is 1.30 bits per heavy atom. The van der Waals surface area contributed by atoms with Gasteiger partial charge in [-0.2, -0.15) is 0 Å². The van der Waals surface area contributed by atoms with Crippen LogP contribution in [0.25, 0.3) is 10.9 Å². The lowest BCUT2D eigenvalue weighted by molar-refractivity contribution is 0.622. The summed E-state index contributed by atoms with van der Waals surface area (Å²) in [5, 5.41) is 4.32. The molecular formula is C16H20BrFN2. The highest BCUT2D eigenvalue weighted by atomic mass is 79.9. The van der Waals surface area contributed by atoms with Gasteiger partial charge in [-0.3, -0.25) is 4.98 Å². The number of hydrogen-bond acceptors (Lipinski definition) is 2. The Morgan fingerprint density at radius 2 is 2.00 bits per heavy atom. The van der Waals surface area contributed by atoms with Crippen LogP contribution in [0.2, 0.25) is 0 Å². The van der Waals surface area contributed by atoms with E-state index >= 15 is 0 Å². The first-order valence-corrected chi connectivity index (χ1v) is 7.82. The second-order valence-electron chi connectivity index (χ2n) is 5.04. The van der Waals surface area contributed by atoms with Crippen molar-refractivity contribution in [3.05, 3.63) is 33.2 Å². The lowest BCUT2D eigenvalue weighted by Gasteiger charge is -2.18. The summed E-state index contributed by atoms with van der Waals surface area (Å²) in [5.41, 5.74) is 4.93. The van der Waals surface area contributed by atoms with Crippen LogP contribution in [0.15, 0.2) is 10.5 Å². The maximum Gasteiger partial charge on any atom is 0.138 e. The maximum absolute atomic E-state index is 14.0. The van der Waals surface area contributed by atoms with E-state index in [9.17, 15) is 4.39 Å². The fourth-order valence-corrected chi connectivity index (χ4v) is 3.06. The molecule has 2 aromatic rings. The number of hydrogen-bond donors (Lipinski definition) is 1. The molecule has 0 amide bonds. The number of halogens is 2. The van der Waals surface area contributed by atoms with Gasteiger partial charge in [0.15, 0.2) is 0 Å². The van der Waals surface area contributed by atoms with Crippen LogP contribution in [-0.2, 0) is 6.42 Å². The van der Waals surface area contributed by atoms with E-state index in [0.717, 1.165) is 52.8 Å². The van der Waals surface area contributed by atoms with E-state index in [4.69, 9.17) is 0 Å². The number of nitrogens with one attached hydrogen (secondary N) is 1. The largest absolute Gasteiger partial charge is 0.384 e. The molecule has 4 heteroatoms. The van der Waals surface area contributed by atoms with Crippen LogP contribution in [-0.4, -0.2) is 11.5 Å². The molecule has 20 heavy (non-hydrogen) atoms. The summed E-state index contributed by atoms with van der Waals surface area (Å²) in [5.74, 6) is -0.234. The number of anilines is 1. The maximum atomic E-state index is 14.0. The zero-order chi connectivity index (χ0) is 14.9. The monoisotopic (exact) mass is 338 g/mol. The van der Waals surface area contributed by atoms with Gasteiger partial charge in [-0.15, -0.1) is 0 Å². The lowest BCUT2D eigenvalue weighted by atomic mass is 10.0. The summed E-state index contributed by atoms with van der Waals surface area (Å²) >= 11 is 3.39. The first kappa shape index (κ1) is 15.2. The van der Waals surface area contributed by atoms with Gasteiger partial charge in [0, 0.05) is 23.3 Å². The molecule has 0 fully saturated rings. The third-order valence-corrected chi connectivity index (χ3v) is 4.33. The first-order valence-electron chi connectivity index (χ1n) is 7.02. The predicted molar refractivity (Wildman–Crippen MR) is 87.0 cm³/mol.